The van der Waals surface area contributed by atoms with E-state index < -0.39 is 9.84 Å². The maximum atomic E-state index is 12.2. The first kappa shape index (κ1) is 17.5. The smallest absolute Gasteiger partial charge is 0.317 e. The van der Waals surface area contributed by atoms with Gasteiger partial charge in [0.2, 0.25) is 0 Å². The van der Waals surface area contributed by atoms with Crippen LogP contribution in [0.25, 0.3) is 0 Å². The van der Waals surface area contributed by atoms with Crippen molar-refractivity contribution in [2.75, 3.05) is 45.0 Å². The van der Waals surface area contributed by atoms with Gasteiger partial charge in [-0.2, -0.15) is 0 Å². The van der Waals surface area contributed by atoms with Gasteiger partial charge in [0.25, 0.3) is 0 Å². The summed E-state index contributed by atoms with van der Waals surface area (Å²) >= 11 is 0. The highest BCUT2D eigenvalue weighted by atomic mass is 32.2. The SMILES string of the molecule is CCN(CCCN1CCCC1)C(=O)NCC1CCCS1(=O)=O. The molecule has 2 rings (SSSR count). The Labute approximate surface area is 134 Å². The van der Waals surface area contributed by atoms with Crippen molar-refractivity contribution in [2.24, 2.45) is 0 Å². The van der Waals surface area contributed by atoms with Gasteiger partial charge in [-0.15, -0.1) is 0 Å². The van der Waals surface area contributed by atoms with Crippen molar-refractivity contribution in [3.05, 3.63) is 0 Å². The number of nitrogens with one attached hydrogen (secondary N) is 1. The number of hydrogen-bond donors (Lipinski definition) is 1. The minimum Gasteiger partial charge on any atom is -0.337 e. The number of sulfone groups is 1. The van der Waals surface area contributed by atoms with E-state index >= 15 is 0 Å². The van der Waals surface area contributed by atoms with Gasteiger partial charge < -0.3 is 15.1 Å². The molecule has 1 unspecified atom stereocenters. The Kier molecular flexibility index (Phi) is 6.50. The van der Waals surface area contributed by atoms with Crippen molar-refractivity contribution in [1.82, 2.24) is 15.1 Å². The maximum Gasteiger partial charge on any atom is 0.317 e. The average Bonchev–Trinajstić information content (AvgIpc) is 3.10. The lowest BCUT2D eigenvalue weighted by Gasteiger charge is -2.23. The van der Waals surface area contributed by atoms with Gasteiger partial charge in [0, 0.05) is 19.6 Å². The monoisotopic (exact) mass is 331 g/mol. The van der Waals surface area contributed by atoms with E-state index in [-0.39, 0.29) is 23.6 Å². The fraction of sp³-hybridized carbons (Fsp3) is 0.933. The molecular weight excluding hydrogens is 302 g/mol. The molecule has 1 atom stereocenters. The Morgan fingerprint density at radius 1 is 1.27 bits per heavy atom. The van der Waals surface area contributed by atoms with E-state index in [9.17, 15) is 13.2 Å². The van der Waals surface area contributed by atoms with Crippen LogP contribution < -0.4 is 5.32 Å². The largest absolute Gasteiger partial charge is 0.337 e. The molecule has 2 aliphatic heterocycles. The van der Waals surface area contributed by atoms with Crippen LogP contribution >= 0.6 is 0 Å². The molecule has 0 saturated carbocycles. The van der Waals surface area contributed by atoms with E-state index in [2.05, 4.69) is 10.2 Å². The number of likely N-dealkylation sites (tertiary alicyclic amines) is 1. The number of rotatable bonds is 7. The van der Waals surface area contributed by atoms with Crippen molar-refractivity contribution in [2.45, 2.75) is 44.3 Å². The van der Waals surface area contributed by atoms with Crippen molar-refractivity contribution in [3.63, 3.8) is 0 Å². The predicted molar refractivity (Wildman–Crippen MR) is 87.7 cm³/mol. The van der Waals surface area contributed by atoms with Gasteiger partial charge in [0.1, 0.15) is 0 Å². The number of amides is 2. The zero-order chi connectivity index (χ0) is 16.0. The molecule has 0 aliphatic carbocycles. The highest BCUT2D eigenvalue weighted by Gasteiger charge is 2.31. The van der Waals surface area contributed by atoms with Crippen LogP contribution in [-0.2, 0) is 9.84 Å². The van der Waals surface area contributed by atoms with E-state index in [1.165, 1.54) is 25.9 Å². The minimum atomic E-state index is -2.98. The molecule has 0 aromatic carbocycles. The first-order valence-corrected chi connectivity index (χ1v) is 10.2. The second-order valence-corrected chi connectivity index (χ2v) is 8.70. The third kappa shape index (κ3) is 4.84. The number of hydrogen-bond acceptors (Lipinski definition) is 4. The minimum absolute atomic E-state index is 0.133. The molecule has 0 spiro atoms. The molecule has 6 nitrogen and oxygen atoms in total. The molecule has 2 fully saturated rings. The fourth-order valence-electron chi connectivity index (χ4n) is 3.30. The summed E-state index contributed by atoms with van der Waals surface area (Å²) in [7, 11) is -2.98. The summed E-state index contributed by atoms with van der Waals surface area (Å²) in [5.74, 6) is 0.265. The van der Waals surface area contributed by atoms with Crippen LogP contribution in [0.2, 0.25) is 0 Å². The van der Waals surface area contributed by atoms with Crippen LogP contribution in [0.4, 0.5) is 4.79 Å². The summed E-state index contributed by atoms with van der Waals surface area (Å²) in [4.78, 5) is 16.4. The Bertz CT molecular complexity index is 461. The number of carbonyl (C=O) groups is 1. The third-order valence-corrected chi connectivity index (χ3v) is 6.99. The Hall–Kier alpha value is -0.820. The lowest BCUT2D eigenvalue weighted by atomic mass is 10.2. The summed E-state index contributed by atoms with van der Waals surface area (Å²) in [6.07, 6.45) is 4.94. The number of urea groups is 1. The van der Waals surface area contributed by atoms with Gasteiger partial charge >= 0.3 is 6.03 Å². The first-order valence-electron chi connectivity index (χ1n) is 8.49. The Morgan fingerprint density at radius 3 is 2.59 bits per heavy atom. The average molecular weight is 331 g/mol. The third-order valence-electron chi connectivity index (χ3n) is 4.71. The van der Waals surface area contributed by atoms with E-state index in [0.717, 1.165) is 25.9 Å². The van der Waals surface area contributed by atoms with Crippen LogP contribution in [0.3, 0.4) is 0 Å². The number of carbonyl (C=O) groups excluding carboxylic acids is 1. The van der Waals surface area contributed by atoms with E-state index in [1.54, 1.807) is 4.90 Å². The van der Waals surface area contributed by atoms with E-state index in [0.29, 0.717) is 13.0 Å². The van der Waals surface area contributed by atoms with Crippen molar-refractivity contribution < 1.29 is 13.2 Å². The molecule has 2 heterocycles. The van der Waals surface area contributed by atoms with Crippen molar-refractivity contribution in [3.8, 4) is 0 Å². The van der Waals surface area contributed by atoms with E-state index in [1.807, 2.05) is 6.92 Å². The van der Waals surface area contributed by atoms with Crippen LogP contribution in [0.15, 0.2) is 0 Å². The van der Waals surface area contributed by atoms with Crippen LogP contribution in [0, 0.1) is 0 Å². The van der Waals surface area contributed by atoms with Gasteiger partial charge in [0.15, 0.2) is 9.84 Å². The first-order chi connectivity index (χ1) is 10.5. The predicted octanol–water partition coefficient (Wildman–Crippen LogP) is 1.08. The van der Waals surface area contributed by atoms with Crippen LogP contribution in [0.5, 0.6) is 0 Å². The summed E-state index contributed by atoms with van der Waals surface area (Å²) in [6.45, 7) is 7.00. The fourth-order valence-corrected chi connectivity index (χ4v) is 5.06. The molecule has 0 radical (unpaired) electrons. The molecule has 0 aromatic rings. The van der Waals surface area contributed by atoms with Gasteiger partial charge in [0.05, 0.1) is 11.0 Å². The topological polar surface area (TPSA) is 69.7 Å². The van der Waals surface area contributed by atoms with Crippen LogP contribution in [0.1, 0.15) is 39.0 Å². The standard InChI is InChI=1S/C15H29N3O3S/c1-2-18(11-6-10-17-8-3-4-9-17)15(19)16-13-14-7-5-12-22(14,20)21/h14H,2-13H2,1H3,(H,16,19). The highest BCUT2D eigenvalue weighted by molar-refractivity contribution is 7.92. The van der Waals surface area contributed by atoms with Crippen molar-refractivity contribution >= 4 is 15.9 Å². The zero-order valence-corrected chi connectivity index (χ0v) is 14.4. The summed E-state index contributed by atoms with van der Waals surface area (Å²) in [5.41, 5.74) is 0. The Morgan fingerprint density at radius 2 is 2.00 bits per heavy atom. The second-order valence-electron chi connectivity index (χ2n) is 6.30. The molecule has 7 heteroatoms. The Balaban J connectivity index is 1.69. The number of nitrogens with zero attached hydrogens (tertiary/aromatic N) is 2. The maximum absolute atomic E-state index is 12.2. The quantitative estimate of drug-likeness (QED) is 0.758. The molecule has 22 heavy (non-hydrogen) atoms. The molecule has 128 valence electrons. The normalized spacial score (nSPS) is 24.5. The second kappa shape index (κ2) is 8.15. The molecule has 1 N–H and O–H groups in total. The van der Waals surface area contributed by atoms with E-state index in [4.69, 9.17) is 0 Å². The summed E-state index contributed by atoms with van der Waals surface area (Å²) < 4.78 is 23.5. The van der Waals surface area contributed by atoms with Crippen molar-refractivity contribution in [1.29, 1.82) is 0 Å². The van der Waals surface area contributed by atoms with Gasteiger partial charge in [-0.25, -0.2) is 13.2 Å². The van der Waals surface area contributed by atoms with Crippen LogP contribution in [-0.4, -0.2) is 74.5 Å². The van der Waals surface area contributed by atoms with Gasteiger partial charge in [-0.05, 0) is 58.7 Å². The zero-order valence-electron chi connectivity index (χ0n) is 13.6. The highest BCUT2D eigenvalue weighted by Crippen LogP contribution is 2.19. The summed E-state index contributed by atoms with van der Waals surface area (Å²) in [6, 6.07) is -0.133. The lowest BCUT2D eigenvalue weighted by molar-refractivity contribution is 0.196. The molecule has 2 saturated heterocycles. The molecule has 2 aliphatic rings. The molecule has 2 amide bonds. The van der Waals surface area contributed by atoms with Gasteiger partial charge in [-0.3, -0.25) is 0 Å². The lowest BCUT2D eigenvalue weighted by Crippen LogP contribution is -2.44. The molecular formula is C15H29N3O3S. The summed E-state index contributed by atoms with van der Waals surface area (Å²) in [5, 5.41) is 2.41. The molecule has 0 bridgehead atoms. The molecule has 0 aromatic heterocycles. The van der Waals surface area contributed by atoms with Gasteiger partial charge in [-0.1, -0.05) is 0 Å².